The van der Waals surface area contributed by atoms with Crippen LogP contribution in [0.2, 0.25) is 5.02 Å². The number of hydrogen-bond acceptors (Lipinski definition) is 4. The van der Waals surface area contributed by atoms with Crippen LogP contribution in [0.25, 0.3) is 0 Å². The highest BCUT2D eigenvalue weighted by Crippen LogP contribution is 2.32. The molecule has 21 heavy (non-hydrogen) atoms. The number of ether oxygens (including phenoxy) is 2. The minimum absolute atomic E-state index is 0.0815. The molecule has 0 radical (unpaired) electrons. The van der Waals surface area contributed by atoms with E-state index in [1.807, 2.05) is 18.2 Å². The van der Waals surface area contributed by atoms with Crippen molar-refractivity contribution < 1.29 is 9.47 Å². The predicted octanol–water partition coefficient (Wildman–Crippen LogP) is 2.72. The van der Waals surface area contributed by atoms with E-state index in [0.29, 0.717) is 0 Å². The normalized spacial score (nSPS) is 21.2. The summed E-state index contributed by atoms with van der Waals surface area (Å²) in [5.74, 6) is 0.850. The fourth-order valence-corrected chi connectivity index (χ4v) is 3.01. The van der Waals surface area contributed by atoms with Gasteiger partial charge in [-0.05, 0) is 31.3 Å². The van der Waals surface area contributed by atoms with E-state index >= 15 is 0 Å². The van der Waals surface area contributed by atoms with Crippen molar-refractivity contribution in [1.29, 1.82) is 0 Å². The third kappa shape index (κ3) is 4.10. The zero-order chi connectivity index (χ0) is 15.2. The summed E-state index contributed by atoms with van der Waals surface area (Å²) in [5, 5.41) is 4.24. The number of rotatable bonds is 6. The Kier molecular flexibility index (Phi) is 6.30. The Hall–Kier alpha value is -0.810. The lowest BCUT2D eigenvalue weighted by Gasteiger charge is -2.37. The second-order valence-corrected chi connectivity index (χ2v) is 5.66. The third-order valence-corrected chi connectivity index (χ3v) is 4.18. The fraction of sp³-hybridized carbons (Fsp3) is 0.625. The molecule has 2 atom stereocenters. The first-order valence-electron chi connectivity index (χ1n) is 7.60. The van der Waals surface area contributed by atoms with Crippen molar-refractivity contribution in [2.75, 3.05) is 39.9 Å². The van der Waals surface area contributed by atoms with Gasteiger partial charge in [-0.3, -0.25) is 4.90 Å². The molecule has 1 aromatic rings. The molecule has 0 spiro atoms. The van der Waals surface area contributed by atoms with Crippen molar-refractivity contribution in [1.82, 2.24) is 10.2 Å². The Balaban J connectivity index is 2.27. The summed E-state index contributed by atoms with van der Waals surface area (Å²) in [6.45, 7) is 8.89. The van der Waals surface area contributed by atoms with E-state index < -0.39 is 0 Å². The first-order valence-corrected chi connectivity index (χ1v) is 7.98. The van der Waals surface area contributed by atoms with E-state index in [-0.39, 0.29) is 12.1 Å². The first-order chi connectivity index (χ1) is 10.2. The zero-order valence-corrected chi connectivity index (χ0v) is 13.8. The summed E-state index contributed by atoms with van der Waals surface area (Å²) in [6.07, 6.45) is 0.103. The van der Waals surface area contributed by atoms with Gasteiger partial charge in [-0.25, -0.2) is 0 Å². The number of morpholine rings is 1. The molecule has 1 aromatic carbocycles. The molecule has 1 N–H and O–H groups in total. The monoisotopic (exact) mass is 312 g/mol. The maximum Gasteiger partial charge on any atom is 0.123 e. The Labute approximate surface area is 132 Å². The van der Waals surface area contributed by atoms with Gasteiger partial charge in [0.2, 0.25) is 0 Å². The van der Waals surface area contributed by atoms with Crippen molar-refractivity contribution in [3.05, 3.63) is 28.8 Å². The number of benzene rings is 1. The summed E-state index contributed by atoms with van der Waals surface area (Å²) >= 11 is 6.18. The van der Waals surface area contributed by atoms with Crippen LogP contribution in [0, 0.1) is 0 Å². The van der Waals surface area contributed by atoms with E-state index in [9.17, 15) is 0 Å². The number of methoxy groups -OCH3 is 1. The molecule has 2 rings (SSSR count). The van der Waals surface area contributed by atoms with Crippen LogP contribution in [0.15, 0.2) is 18.2 Å². The van der Waals surface area contributed by atoms with Crippen molar-refractivity contribution in [2.45, 2.75) is 26.0 Å². The molecule has 0 amide bonds. The third-order valence-electron chi connectivity index (χ3n) is 3.95. The van der Waals surface area contributed by atoms with Gasteiger partial charge in [0.1, 0.15) is 5.75 Å². The number of nitrogens with zero attached hydrogens (tertiary/aromatic N) is 1. The van der Waals surface area contributed by atoms with Crippen LogP contribution >= 0.6 is 11.6 Å². The van der Waals surface area contributed by atoms with E-state index in [0.717, 1.165) is 49.1 Å². The average Bonchev–Trinajstić information content (AvgIpc) is 2.52. The van der Waals surface area contributed by atoms with Gasteiger partial charge in [0.05, 0.1) is 25.9 Å². The van der Waals surface area contributed by atoms with Gasteiger partial charge in [0.15, 0.2) is 0 Å². The molecule has 1 aliphatic heterocycles. The predicted molar refractivity (Wildman–Crippen MR) is 86.3 cm³/mol. The molecule has 2 unspecified atom stereocenters. The molecule has 0 saturated carbocycles. The Morgan fingerprint density at radius 2 is 2.29 bits per heavy atom. The van der Waals surface area contributed by atoms with Crippen LogP contribution in [0.5, 0.6) is 5.75 Å². The largest absolute Gasteiger partial charge is 0.496 e. The second-order valence-electron chi connectivity index (χ2n) is 5.22. The van der Waals surface area contributed by atoms with E-state index in [2.05, 4.69) is 24.1 Å². The van der Waals surface area contributed by atoms with Gasteiger partial charge in [-0.15, -0.1) is 0 Å². The van der Waals surface area contributed by atoms with Crippen LogP contribution in [0.1, 0.15) is 25.5 Å². The highest BCUT2D eigenvalue weighted by molar-refractivity contribution is 6.30. The molecule has 1 heterocycles. The Morgan fingerprint density at radius 1 is 1.48 bits per heavy atom. The van der Waals surface area contributed by atoms with Crippen LogP contribution in [-0.4, -0.2) is 50.9 Å². The molecule has 1 fully saturated rings. The standard InChI is InChI=1S/C16H25ClN2O2/c1-4-18-16(15-11-19(5-2)8-9-21-15)13-10-12(17)6-7-14(13)20-3/h6-7,10,15-16,18H,4-5,8-9,11H2,1-3H3. The average molecular weight is 313 g/mol. The summed E-state index contributed by atoms with van der Waals surface area (Å²) in [6, 6.07) is 5.83. The highest BCUT2D eigenvalue weighted by atomic mass is 35.5. The van der Waals surface area contributed by atoms with E-state index in [1.165, 1.54) is 0 Å². The first kappa shape index (κ1) is 16.6. The molecule has 118 valence electrons. The quantitative estimate of drug-likeness (QED) is 0.876. The topological polar surface area (TPSA) is 33.7 Å². The zero-order valence-electron chi connectivity index (χ0n) is 13.1. The lowest BCUT2D eigenvalue weighted by molar-refractivity contribution is -0.0456. The van der Waals surface area contributed by atoms with E-state index in [4.69, 9.17) is 21.1 Å². The molecule has 0 aliphatic carbocycles. The summed E-state index contributed by atoms with van der Waals surface area (Å²) in [7, 11) is 1.69. The van der Waals surface area contributed by atoms with Crippen molar-refractivity contribution in [2.24, 2.45) is 0 Å². The number of likely N-dealkylation sites (N-methyl/N-ethyl adjacent to an activating group) is 2. The highest BCUT2D eigenvalue weighted by Gasteiger charge is 2.30. The van der Waals surface area contributed by atoms with Crippen LogP contribution < -0.4 is 10.1 Å². The minimum Gasteiger partial charge on any atom is -0.496 e. The van der Waals surface area contributed by atoms with Crippen molar-refractivity contribution in [3.63, 3.8) is 0 Å². The summed E-state index contributed by atoms with van der Waals surface area (Å²) in [4.78, 5) is 2.41. The maximum atomic E-state index is 6.18. The van der Waals surface area contributed by atoms with Gasteiger partial charge >= 0.3 is 0 Å². The second kappa shape index (κ2) is 7.99. The molecule has 0 bridgehead atoms. The van der Waals surface area contributed by atoms with Crippen LogP contribution in [0.3, 0.4) is 0 Å². The molecule has 0 aromatic heterocycles. The van der Waals surface area contributed by atoms with Gasteiger partial charge < -0.3 is 14.8 Å². The van der Waals surface area contributed by atoms with Gasteiger partial charge in [-0.2, -0.15) is 0 Å². The van der Waals surface area contributed by atoms with Gasteiger partial charge in [0, 0.05) is 23.7 Å². The smallest absolute Gasteiger partial charge is 0.123 e. The lowest BCUT2D eigenvalue weighted by Crippen LogP contribution is -2.48. The number of nitrogens with one attached hydrogen (secondary N) is 1. The molecule has 1 saturated heterocycles. The fourth-order valence-electron chi connectivity index (χ4n) is 2.83. The van der Waals surface area contributed by atoms with Crippen molar-refractivity contribution in [3.8, 4) is 5.75 Å². The van der Waals surface area contributed by atoms with Crippen molar-refractivity contribution >= 4 is 11.6 Å². The van der Waals surface area contributed by atoms with Crippen LogP contribution in [-0.2, 0) is 4.74 Å². The maximum absolute atomic E-state index is 6.18. The van der Waals surface area contributed by atoms with E-state index in [1.54, 1.807) is 7.11 Å². The Morgan fingerprint density at radius 3 is 2.95 bits per heavy atom. The molecule has 4 nitrogen and oxygen atoms in total. The van der Waals surface area contributed by atoms with Crippen LogP contribution in [0.4, 0.5) is 0 Å². The number of hydrogen-bond donors (Lipinski definition) is 1. The minimum atomic E-state index is 0.0815. The molecular weight excluding hydrogens is 288 g/mol. The summed E-state index contributed by atoms with van der Waals surface area (Å²) in [5.41, 5.74) is 1.06. The molecule has 1 aliphatic rings. The number of halogens is 1. The van der Waals surface area contributed by atoms with Gasteiger partial charge in [-0.1, -0.05) is 25.4 Å². The Bertz CT molecular complexity index is 456. The molecular formula is C16H25ClN2O2. The lowest BCUT2D eigenvalue weighted by atomic mass is 9.98. The summed E-state index contributed by atoms with van der Waals surface area (Å²) < 4.78 is 11.5. The van der Waals surface area contributed by atoms with Gasteiger partial charge in [0.25, 0.3) is 0 Å². The SMILES string of the molecule is CCNC(c1cc(Cl)ccc1OC)C1CN(CC)CCO1. The molecule has 5 heteroatoms.